The first-order valence-corrected chi connectivity index (χ1v) is 11.1. The fourth-order valence-electron chi connectivity index (χ4n) is 2.97. The number of rotatable bonds is 6. The molecule has 1 aliphatic heterocycles. The van der Waals surface area contributed by atoms with Crippen LogP contribution in [-0.4, -0.2) is 26.5 Å². The number of aryl methyl sites for hydroxylation is 1. The van der Waals surface area contributed by atoms with Crippen LogP contribution in [0.5, 0.6) is 0 Å². The minimum Gasteiger partial charge on any atom is -0.424 e. The Hall–Kier alpha value is -1.34. The molecule has 5 nitrogen and oxygen atoms in total. The highest BCUT2D eigenvalue weighted by Crippen LogP contribution is 2.33. The largest absolute Gasteiger partial charge is 0.424 e. The summed E-state index contributed by atoms with van der Waals surface area (Å²) < 4.78 is 33.0. The minimum absolute atomic E-state index is 0.0582. The van der Waals surface area contributed by atoms with Gasteiger partial charge in [0.15, 0.2) is 5.89 Å². The lowest BCUT2D eigenvalue weighted by molar-refractivity contribution is 0.457. The topological polar surface area (TPSA) is 63.4 Å². The van der Waals surface area contributed by atoms with Crippen LogP contribution < -0.4 is 4.90 Å². The Morgan fingerprint density at radius 2 is 1.84 bits per heavy atom. The van der Waals surface area contributed by atoms with E-state index in [-0.39, 0.29) is 9.92 Å². The van der Waals surface area contributed by atoms with E-state index in [1.165, 1.54) is 6.42 Å². The second-order valence-corrected chi connectivity index (χ2v) is 9.11. The summed E-state index contributed by atoms with van der Waals surface area (Å²) in [5.74, 6) is 0.923. The number of hydrogen-bond donors (Lipinski definition) is 0. The third kappa shape index (κ3) is 4.08. The molecule has 0 aliphatic carbocycles. The van der Waals surface area contributed by atoms with Gasteiger partial charge in [-0.15, -0.1) is 0 Å². The molecule has 1 aliphatic rings. The molecular weight excluding hydrogens is 404 g/mol. The summed E-state index contributed by atoms with van der Waals surface area (Å²) in [6.07, 6.45) is 5.86. The second kappa shape index (κ2) is 7.91. The molecule has 1 aromatic heterocycles. The van der Waals surface area contributed by atoms with Crippen LogP contribution in [-0.2, 0) is 16.3 Å². The van der Waals surface area contributed by atoms with Crippen molar-refractivity contribution in [1.82, 2.24) is 4.98 Å². The van der Waals surface area contributed by atoms with E-state index >= 15 is 0 Å². The zero-order valence-corrected chi connectivity index (χ0v) is 16.8. The molecule has 0 bridgehead atoms. The summed E-state index contributed by atoms with van der Waals surface area (Å²) in [5, 5.41) is 0.0582. The fourth-order valence-corrected chi connectivity index (χ4v) is 4.58. The van der Waals surface area contributed by atoms with Gasteiger partial charge < -0.3 is 9.32 Å². The van der Waals surface area contributed by atoms with Crippen molar-refractivity contribution in [2.24, 2.45) is 0 Å². The van der Waals surface area contributed by atoms with Crippen LogP contribution in [0.25, 0.3) is 0 Å². The quantitative estimate of drug-likeness (QED) is 0.674. The number of benzene rings is 1. The SMILES string of the molecule is CCCCc1nc(S(=O)(=O)c2ccc(Br)cc2)c(N2CCCCC2)o1. The van der Waals surface area contributed by atoms with Crippen LogP contribution in [0, 0.1) is 0 Å². The summed E-state index contributed by atoms with van der Waals surface area (Å²) in [5.41, 5.74) is 0. The van der Waals surface area contributed by atoms with Gasteiger partial charge in [0.25, 0.3) is 0 Å². The van der Waals surface area contributed by atoms with Crippen molar-refractivity contribution >= 4 is 31.7 Å². The van der Waals surface area contributed by atoms with Crippen molar-refractivity contribution < 1.29 is 12.8 Å². The number of sulfone groups is 1. The smallest absolute Gasteiger partial charge is 0.236 e. The predicted molar refractivity (Wildman–Crippen MR) is 101 cm³/mol. The molecule has 2 aromatic rings. The Morgan fingerprint density at radius 1 is 1.16 bits per heavy atom. The van der Waals surface area contributed by atoms with Gasteiger partial charge in [-0.05, 0) is 49.9 Å². The molecule has 25 heavy (non-hydrogen) atoms. The molecule has 0 radical (unpaired) electrons. The molecule has 3 rings (SSSR count). The van der Waals surface area contributed by atoms with Crippen LogP contribution in [0.3, 0.4) is 0 Å². The number of anilines is 1. The van der Waals surface area contributed by atoms with Crippen molar-refractivity contribution in [3.63, 3.8) is 0 Å². The molecule has 136 valence electrons. The Kier molecular flexibility index (Phi) is 5.84. The van der Waals surface area contributed by atoms with Gasteiger partial charge in [0.1, 0.15) is 0 Å². The fraction of sp³-hybridized carbons (Fsp3) is 0.500. The van der Waals surface area contributed by atoms with Crippen LogP contribution in [0.1, 0.15) is 44.9 Å². The van der Waals surface area contributed by atoms with E-state index in [9.17, 15) is 8.42 Å². The maximum Gasteiger partial charge on any atom is 0.236 e. The Bertz CT molecular complexity index is 809. The second-order valence-electron chi connectivity index (χ2n) is 6.33. The normalized spacial score (nSPS) is 15.5. The molecule has 1 saturated heterocycles. The lowest BCUT2D eigenvalue weighted by Gasteiger charge is -2.26. The highest BCUT2D eigenvalue weighted by molar-refractivity contribution is 9.10. The van der Waals surface area contributed by atoms with Crippen molar-refractivity contribution in [1.29, 1.82) is 0 Å². The average Bonchev–Trinajstić information content (AvgIpc) is 3.06. The van der Waals surface area contributed by atoms with Crippen LogP contribution >= 0.6 is 15.9 Å². The summed E-state index contributed by atoms with van der Waals surface area (Å²) in [7, 11) is -3.71. The third-order valence-corrected chi connectivity index (χ3v) is 6.59. The molecule has 0 saturated carbocycles. The van der Waals surface area contributed by atoms with Gasteiger partial charge in [-0.2, -0.15) is 4.98 Å². The lowest BCUT2D eigenvalue weighted by Crippen LogP contribution is -2.30. The number of nitrogens with zero attached hydrogens (tertiary/aromatic N) is 2. The number of piperidine rings is 1. The molecule has 0 spiro atoms. The minimum atomic E-state index is -3.71. The molecule has 1 aromatic carbocycles. The molecule has 7 heteroatoms. The van der Waals surface area contributed by atoms with Gasteiger partial charge in [-0.3, -0.25) is 0 Å². The maximum absolute atomic E-state index is 13.1. The predicted octanol–water partition coefficient (Wildman–Crippen LogP) is 4.60. The van der Waals surface area contributed by atoms with Gasteiger partial charge in [-0.25, -0.2) is 8.42 Å². The number of oxazole rings is 1. The van der Waals surface area contributed by atoms with Gasteiger partial charge in [-0.1, -0.05) is 29.3 Å². The highest BCUT2D eigenvalue weighted by atomic mass is 79.9. The number of halogens is 1. The van der Waals surface area contributed by atoms with Crippen LogP contribution in [0.15, 0.2) is 43.1 Å². The van der Waals surface area contributed by atoms with Crippen molar-refractivity contribution in [3.05, 3.63) is 34.6 Å². The summed E-state index contributed by atoms with van der Waals surface area (Å²) in [6, 6.07) is 6.65. The van der Waals surface area contributed by atoms with E-state index < -0.39 is 9.84 Å². The lowest BCUT2D eigenvalue weighted by atomic mass is 10.1. The number of unbranched alkanes of at least 4 members (excludes halogenated alkanes) is 1. The van der Waals surface area contributed by atoms with Gasteiger partial charge in [0, 0.05) is 24.0 Å². The third-order valence-electron chi connectivity index (χ3n) is 4.39. The summed E-state index contributed by atoms with van der Waals surface area (Å²) >= 11 is 3.34. The van der Waals surface area contributed by atoms with Gasteiger partial charge in [0.05, 0.1) is 4.90 Å². The number of aromatic nitrogens is 1. The zero-order chi connectivity index (χ0) is 17.9. The van der Waals surface area contributed by atoms with E-state index in [0.717, 1.165) is 43.2 Å². The van der Waals surface area contributed by atoms with Crippen molar-refractivity contribution in [2.45, 2.75) is 55.4 Å². The standard InChI is InChI=1S/C18H23BrN2O3S/c1-2-3-7-16-20-17(18(24-16)21-12-5-4-6-13-21)25(22,23)15-10-8-14(19)9-11-15/h8-11H,2-7,12-13H2,1H3. The Labute approximate surface area is 157 Å². The first kappa shape index (κ1) is 18.5. The number of hydrogen-bond acceptors (Lipinski definition) is 5. The molecule has 0 atom stereocenters. The Morgan fingerprint density at radius 3 is 2.48 bits per heavy atom. The van der Waals surface area contributed by atoms with E-state index in [1.54, 1.807) is 24.3 Å². The Balaban J connectivity index is 2.02. The first-order chi connectivity index (χ1) is 12.0. The van der Waals surface area contributed by atoms with Gasteiger partial charge >= 0.3 is 0 Å². The summed E-state index contributed by atoms with van der Waals surface area (Å²) in [6.45, 7) is 3.71. The van der Waals surface area contributed by atoms with E-state index in [4.69, 9.17) is 4.42 Å². The average molecular weight is 427 g/mol. The molecule has 0 N–H and O–H groups in total. The van der Waals surface area contributed by atoms with E-state index in [0.29, 0.717) is 18.2 Å². The first-order valence-electron chi connectivity index (χ1n) is 8.77. The van der Waals surface area contributed by atoms with Crippen LogP contribution in [0.4, 0.5) is 5.88 Å². The summed E-state index contributed by atoms with van der Waals surface area (Å²) in [4.78, 5) is 6.65. The zero-order valence-electron chi connectivity index (χ0n) is 14.4. The van der Waals surface area contributed by atoms with E-state index in [1.807, 2.05) is 4.90 Å². The van der Waals surface area contributed by atoms with Gasteiger partial charge in [0.2, 0.25) is 20.7 Å². The molecular formula is C18H23BrN2O3S. The van der Waals surface area contributed by atoms with E-state index in [2.05, 4.69) is 27.8 Å². The van der Waals surface area contributed by atoms with Crippen molar-refractivity contribution in [2.75, 3.05) is 18.0 Å². The molecule has 0 amide bonds. The molecule has 2 heterocycles. The van der Waals surface area contributed by atoms with Crippen LogP contribution in [0.2, 0.25) is 0 Å². The molecule has 0 unspecified atom stereocenters. The van der Waals surface area contributed by atoms with Crippen molar-refractivity contribution in [3.8, 4) is 0 Å². The molecule has 1 fully saturated rings. The maximum atomic E-state index is 13.1. The monoisotopic (exact) mass is 426 g/mol. The highest BCUT2D eigenvalue weighted by Gasteiger charge is 2.31.